The largest absolute Gasteiger partial charge is 0.465 e. The van der Waals surface area contributed by atoms with Crippen molar-refractivity contribution in [3.05, 3.63) is 16.3 Å². The average Bonchev–Trinajstić information content (AvgIpc) is 2.90. The number of hydrogen-bond acceptors (Lipinski definition) is 6. The zero-order valence-electron chi connectivity index (χ0n) is 14.7. The number of nitrogens with zero attached hydrogens (tertiary/aromatic N) is 2. The Morgan fingerprint density at radius 3 is 2.65 bits per heavy atom. The number of aryl methyl sites for hydroxylation is 2. The first-order valence-corrected chi connectivity index (χ1v) is 9.21. The molecule has 2 heterocycles. The molecule has 0 bridgehead atoms. The van der Waals surface area contributed by atoms with Crippen molar-refractivity contribution >= 4 is 33.3 Å². The number of methoxy groups -OCH3 is 1. The highest BCUT2D eigenvalue weighted by Gasteiger charge is 2.42. The van der Waals surface area contributed by atoms with Gasteiger partial charge in [0.05, 0.1) is 18.4 Å². The van der Waals surface area contributed by atoms with Crippen LogP contribution in [0, 0.1) is 19.8 Å². The summed E-state index contributed by atoms with van der Waals surface area (Å²) >= 11 is 1.21. The highest BCUT2D eigenvalue weighted by Crippen LogP contribution is 2.40. The van der Waals surface area contributed by atoms with Crippen molar-refractivity contribution in [2.75, 3.05) is 12.4 Å². The van der Waals surface area contributed by atoms with Gasteiger partial charge in [-0.3, -0.25) is 0 Å². The van der Waals surface area contributed by atoms with Crippen LogP contribution in [-0.2, 0) is 4.74 Å². The number of fused-ring (bicyclic) bond motifs is 1. The van der Waals surface area contributed by atoms with E-state index in [-0.39, 0.29) is 18.9 Å². The van der Waals surface area contributed by atoms with Gasteiger partial charge in [0.15, 0.2) is 0 Å². The molecule has 0 aliphatic heterocycles. The van der Waals surface area contributed by atoms with Gasteiger partial charge in [-0.15, -0.1) is 11.3 Å². The van der Waals surface area contributed by atoms with Crippen molar-refractivity contribution in [2.45, 2.75) is 51.7 Å². The van der Waals surface area contributed by atoms with E-state index in [4.69, 9.17) is 4.74 Å². The SMILES string of the molecule is COC(=O)c1sc2nc(C)nc(NC3CCCC(C(F)(F)F)C3)c2c1C. The smallest absolute Gasteiger partial charge is 0.391 e. The first-order chi connectivity index (χ1) is 12.2. The molecule has 0 amide bonds. The van der Waals surface area contributed by atoms with Gasteiger partial charge < -0.3 is 10.1 Å². The number of anilines is 1. The molecule has 2 atom stereocenters. The van der Waals surface area contributed by atoms with Crippen LogP contribution in [0.1, 0.15) is 46.7 Å². The molecule has 0 saturated heterocycles. The number of esters is 1. The maximum Gasteiger partial charge on any atom is 0.391 e. The van der Waals surface area contributed by atoms with E-state index in [0.717, 1.165) is 0 Å². The summed E-state index contributed by atoms with van der Waals surface area (Å²) in [5.41, 5.74) is 0.683. The monoisotopic (exact) mass is 387 g/mol. The summed E-state index contributed by atoms with van der Waals surface area (Å²) in [5, 5.41) is 3.86. The van der Waals surface area contributed by atoms with Crippen LogP contribution in [0.3, 0.4) is 0 Å². The quantitative estimate of drug-likeness (QED) is 0.778. The van der Waals surface area contributed by atoms with Crippen molar-refractivity contribution in [3.63, 3.8) is 0 Å². The lowest BCUT2D eigenvalue weighted by atomic mass is 9.85. The van der Waals surface area contributed by atoms with Crippen LogP contribution in [0.25, 0.3) is 10.2 Å². The van der Waals surface area contributed by atoms with Crippen LogP contribution in [-0.4, -0.2) is 35.3 Å². The maximum absolute atomic E-state index is 13.1. The summed E-state index contributed by atoms with van der Waals surface area (Å²) in [6, 6.07) is -0.311. The van der Waals surface area contributed by atoms with E-state index in [9.17, 15) is 18.0 Å². The fourth-order valence-corrected chi connectivity index (χ4v) is 4.59. The molecular formula is C17H20F3N3O2S. The number of thiophene rings is 1. The van der Waals surface area contributed by atoms with Gasteiger partial charge in [0.1, 0.15) is 21.3 Å². The predicted octanol–water partition coefficient (Wildman–Crippen LogP) is 4.63. The molecule has 0 spiro atoms. The lowest BCUT2D eigenvalue weighted by Crippen LogP contribution is -2.34. The molecule has 3 rings (SSSR count). The molecule has 9 heteroatoms. The fraction of sp³-hybridized carbons (Fsp3) is 0.588. The molecule has 2 aromatic heterocycles. The second-order valence-corrected chi connectivity index (χ2v) is 7.59. The van der Waals surface area contributed by atoms with Crippen LogP contribution in [0.4, 0.5) is 19.0 Å². The number of alkyl halides is 3. The summed E-state index contributed by atoms with van der Waals surface area (Å²) in [5.74, 6) is -0.754. The number of nitrogens with one attached hydrogen (secondary N) is 1. The first kappa shape index (κ1) is 18.9. The predicted molar refractivity (Wildman–Crippen MR) is 93.7 cm³/mol. The lowest BCUT2D eigenvalue weighted by Gasteiger charge is -2.31. The van der Waals surface area contributed by atoms with Gasteiger partial charge in [0.2, 0.25) is 0 Å². The first-order valence-electron chi connectivity index (χ1n) is 8.40. The zero-order valence-corrected chi connectivity index (χ0v) is 15.6. The highest BCUT2D eigenvalue weighted by molar-refractivity contribution is 7.20. The van der Waals surface area contributed by atoms with E-state index in [1.807, 2.05) is 0 Å². The molecule has 1 aliphatic carbocycles. The summed E-state index contributed by atoms with van der Waals surface area (Å²) in [4.78, 5) is 21.8. The Labute approximate surface area is 153 Å². The Balaban J connectivity index is 1.94. The second kappa shape index (κ2) is 7.02. The van der Waals surface area contributed by atoms with Crippen molar-refractivity contribution in [1.82, 2.24) is 9.97 Å². The average molecular weight is 387 g/mol. The minimum atomic E-state index is -4.17. The number of halogens is 3. The van der Waals surface area contributed by atoms with Gasteiger partial charge in [0.25, 0.3) is 0 Å². The molecule has 0 radical (unpaired) electrons. The Kier molecular flexibility index (Phi) is 5.09. The molecule has 1 N–H and O–H groups in total. The molecule has 1 saturated carbocycles. The van der Waals surface area contributed by atoms with Gasteiger partial charge in [-0.2, -0.15) is 13.2 Å². The highest BCUT2D eigenvalue weighted by atomic mass is 32.1. The molecule has 2 aromatic rings. The normalized spacial score (nSPS) is 21.0. The fourth-order valence-electron chi connectivity index (χ4n) is 3.45. The number of rotatable bonds is 3. The van der Waals surface area contributed by atoms with E-state index in [1.54, 1.807) is 13.8 Å². The van der Waals surface area contributed by atoms with Crippen molar-refractivity contribution in [1.29, 1.82) is 0 Å². The summed E-state index contributed by atoms with van der Waals surface area (Å²) in [7, 11) is 1.31. The van der Waals surface area contributed by atoms with Gasteiger partial charge >= 0.3 is 12.1 Å². The summed E-state index contributed by atoms with van der Waals surface area (Å²) in [6.07, 6.45) is -2.80. The Morgan fingerprint density at radius 2 is 2.00 bits per heavy atom. The van der Waals surface area contributed by atoms with Crippen LogP contribution in [0.5, 0.6) is 0 Å². The standard InChI is InChI=1S/C17H20F3N3O2S/c1-8-12-14(23-11-6-4-5-10(7-11)17(18,19)20)21-9(2)22-15(12)26-13(8)16(24)25-3/h10-11H,4-7H2,1-3H3,(H,21,22,23). The molecule has 1 aliphatic rings. The minimum absolute atomic E-state index is 0.0289. The van der Waals surface area contributed by atoms with Crippen LogP contribution < -0.4 is 5.32 Å². The van der Waals surface area contributed by atoms with Crippen LogP contribution in [0.2, 0.25) is 0 Å². The van der Waals surface area contributed by atoms with Gasteiger partial charge in [-0.25, -0.2) is 14.8 Å². The third kappa shape index (κ3) is 3.62. The topological polar surface area (TPSA) is 64.1 Å². The molecule has 26 heavy (non-hydrogen) atoms. The molecule has 1 fully saturated rings. The van der Waals surface area contributed by atoms with E-state index >= 15 is 0 Å². The maximum atomic E-state index is 13.1. The molecule has 0 aromatic carbocycles. The third-order valence-corrected chi connectivity index (χ3v) is 5.92. The van der Waals surface area contributed by atoms with E-state index in [1.165, 1.54) is 18.4 Å². The zero-order chi connectivity index (χ0) is 19.1. The van der Waals surface area contributed by atoms with Crippen LogP contribution >= 0.6 is 11.3 Å². The van der Waals surface area contributed by atoms with E-state index < -0.39 is 18.1 Å². The van der Waals surface area contributed by atoms with Crippen molar-refractivity contribution < 1.29 is 22.7 Å². The summed E-state index contributed by atoms with van der Waals surface area (Å²) in [6.45, 7) is 3.49. The van der Waals surface area contributed by atoms with Gasteiger partial charge in [0, 0.05) is 6.04 Å². The molecule has 5 nitrogen and oxygen atoms in total. The molecular weight excluding hydrogens is 367 g/mol. The number of carbonyl (C=O) groups excluding carboxylic acids is 1. The third-order valence-electron chi connectivity index (χ3n) is 4.75. The Morgan fingerprint density at radius 1 is 1.27 bits per heavy atom. The van der Waals surface area contributed by atoms with Crippen LogP contribution in [0.15, 0.2) is 0 Å². The number of carbonyl (C=O) groups is 1. The van der Waals surface area contributed by atoms with Gasteiger partial charge in [-0.05, 0) is 38.7 Å². The molecule has 2 unspecified atom stereocenters. The molecule has 142 valence electrons. The lowest BCUT2D eigenvalue weighted by molar-refractivity contribution is -0.182. The van der Waals surface area contributed by atoms with Gasteiger partial charge in [-0.1, -0.05) is 6.42 Å². The number of hydrogen-bond donors (Lipinski definition) is 1. The number of ether oxygens (including phenoxy) is 1. The minimum Gasteiger partial charge on any atom is -0.465 e. The Bertz CT molecular complexity index is 835. The van der Waals surface area contributed by atoms with E-state index in [2.05, 4.69) is 15.3 Å². The Hall–Kier alpha value is -1.90. The van der Waals surface area contributed by atoms with Crippen molar-refractivity contribution in [3.8, 4) is 0 Å². The number of aromatic nitrogens is 2. The van der Waals surface area contributed by atoms with Crippen molar-refractivity contribution in [2.24, 2.45) is 5.92 Å². The van der Waals surface area contributed by atoms with E-state index in [0.29, 0.717) is 45.1 Å². The summed E-state index contributed by atoms with van der Waals surface area (Å²) < 4.78 is 44.0. The second-order valence-electron chi connectivity index (χ2n) is 6.59.